The number of carbonyl (C=O) groups excluding carboxylic acids is 1. The quantitative estimate of drug-likeness (QED) is 0.911. The van der Waals surface area contributed by atoms with Crippen LogP contribution in [0.1, 0.15) is 49.5 Å². The van der Waals surface area contributed by atoms with Crippen LogP contribution in [0, 0.1) is 0 Å². The summed E-state index contributed by atoms with van der Waals surface area (Å²) < 4.78 is 1.94. The summed E-state index contributed by atoms with van der Waals surface area (Å²) in [7, 11) is 1.94. The molecule has 1 saturated carbocycles. The molecule has 1 aliphatic carbocycles. The van der Waals surface area contributed by atoms with Crippen LogP contribution in [0.3, 0.4) is 0 Å². The molecule has 0 saturated heterocycles. The van der Waals surface area contributed by atoms with Gasteiger partial charge in [-0.15, -0.1) is 0 Å². The van der Waals surface area contributed by atoms with E-state index in [4.69, 9.17) is 0 Å². The van der Waals surface area contributed by atoms with Crippen molar-refractivity contribution in [2.75, 3.05) is 0 Å². The Hall–Kier alpha value is -2.30. The van der Waals surface area contributed by atoms with Gasteiger partial charge in [-0.1, -0.05) is 49.6 Å². The van der Waals surface area contributed by atoms with E-state index in [1.807, 2.05) is 48.1 Å². The molecule has 2 aromatic rings. The molecular weight excluding hydrogens is 288 g/mol. The lowest BCUT2D eigenvalue weighted by atomic mass is 9.96. The van der Waals surface area contributed by atoms with Gasteiger partial charge in [0.2, 0.25) is 0 Å². The average Bonchev–Trinajstić information content (AvgIpc) is 3.00. The van der Waals surface area contributed by atoms with E-state index in [2.05, 4.69) is 15.6 Å². The van der Waals surface area contributed by atoms with Gasteiger partial charge in [0, 0.05) is 25.5 Å². The molecule has 1 fully saturated rings. The minimum atomic E-state index is -0.250. The summed E-state index contributed by atoms with van der Waals surface area (Å²) in [4.78, 5) is 16.9. The molecule has 2 amide bonds. The first-order chi connectivity index (χ1) is 11.2. The van der Waals surface area contributed by atoms with Gasteiger partial charge in [0.25, 0.3) is 0 Å². The number of benzene rings is 1. The van der Waals surface area contributed by atoms with E-state index in [9.17, 15) is 4.79 Å². The van der Waals surface area contributed by atoms with Crippen LogP contribution in [-0.2, 0) is 7.05 Å². The molecule has 5 heteroatoms. The maximum absolute atomic E-state index is 12.4. The SMILES string of the molecule is Cn1ccnc1[C@@H](NC(=O)NC1CCCCC1)c1ccccc1. The second-order valence-corrected chi connectivity index (χ2v) is 6.19. The highest BCUT2D eigenvalue weighted by atomic mass is 16.2. The molecule has 1 aromatic heterocycles. The summed E-state index contributed by atoms with van der Waals surface area (Å²) in [6, 6.07) is 9.88. The second kappa shape index (κ2) is 7.31. The molecule has 0 unspecified atom stereocenters. The van der Waals surface area contributed by atoms with E-state index in [0.29, 0.717) is 6.04 Å². The van der Waals surface area contributed by atoms with Crippen LogP contribution in [0.25, 0.3) is 0 Å². The lowest BCUT2D eigenvalue weighted by Crippen LogP contribution is -2.44. The van der Waals surface area contributed by atoms with Crippen molar-refractivity contribution in [3.05, 3.63) is 54.1 Å². The van der Waals surface area contributed by atoms with Crippen LogP contribution in [0.5, 0.6) is 0 Å². The normalized spacial score (nSPS) is 16.7. The average molecular weight is 312 g/mol. The predicted octanol–water partition coefficient (Wildman–Crippen LogP) is 3.14. The van der Waals surface area contributed by atoms with Gasteiger partial charge in [0.1, 0.15) is 11.9 Å². The summed E-state index contributed by atoms with van der Waals surface area (Å²) in [5.74, 6) is 0.829. The fraction of sp³-hybridized carbons (Fsp3) is 0.444. The molecule has 5 nitrogen and oxygen atoms in total. The maximum Gasteiger partial charge on any atom is 0.315 e. The highest BCUT2D eigenvalue weighted by molar-refractivity contribution is 5.75. The molecule has 1 aliphatic rings. The van der Waals surface area contributed by atoms with Gasteiger partial charge >= 0.3 is 6.03 Å². The third-order valence-corrected chi connectivity index (χ3v) is 4.47. The second-order valence-electron chi connectivity index (χ2n) is 6.19. The summed E-state index contributed by atoms with van der Waals surface area (Å²) in [5, 5.41) is 6.20. The molecule has 1 aromatic carbocycles. The van der Waals surface area contributed by atoms with E-state index >= 15 is 0 Å². The van der Waals surface area contributed by atoms with Crippen LogP contribution in [-0.4, -0.2) is 21.6 Å². The first-order valence-corrected chi connectivity index (χ1v) is 8.33. The minimum Gasteiger partial charge on any atom is -0.336 e. The molecule has 0 aliphatic heterocycles. The van der Waals surface area contributed by atoms with E-state index in [1.165, 1.54) is 19.3 Å². The summed E-state index contributed by atoms with van der Waals surface area (Å²) in [6.45, 7) is 0. The molecule has 2 N–H and O–H groups in total. The summed E-state index contributed by atoms with van der Waals surface area (Å²) >= 11 is 0. The zero-order chi connectivity index (χ0) is 16.1. The number of aromatic nitrogens is 2. The smallest absolute Gasteiger partial charge is 0.315 e. The first-order valence-electron chi connectivity index (χ1n) is 8.33. The van der Waals surface area contributed by atoms with Gasteiger partial charge in [-0.25, -0.2) is 9.78 Å². The Morgan fingerprint density at radius 2 is 1.96 bits per heavy atom. The minimum absolute atomic E-state index is 0.117. The summed E-state index contributed by atoms with van der Waals surface area (Å²) in [6.07, 6.45) is 9.48. The number of carbonyl (C=O) groups is 1. The Labute approximate surface area is 137 Å². The molecule has 23 heavy (non-hydrogen) atoms. The lowest BCUT2D eigenvalue weighted by Gasteiger charge is -2.25. The van der Waals surface area contributed by atoms with E-state index in [-0.39, 0.29) is 12.1 Å². The van der Waals surface area contributed by atoms with Crippen LogP contribution in [0.2, 0.25) is 0 Å². The fourth-order valence-corrected chi connectivity index (χ4v) is 3.20. The Kier molecular flexibility index (Phi) is 4.95. The predicted molar refractivity (Wildman–Crippen MR) is 90.0 cm³/mol. The van der Waals surface area contributed by atoms with Crippen molar-refractivity contribution in [3.8, 4) is 0 Å². The molecule has 122 valence electrons. The highest BCUT2D eigenvalue weighted by Crippen LogP contribution is 2.21. The Bertz CT molecular complexity index is 631. The molecule has 0 bridgehead atoms. The van der Waals surface area contributed by atoms with E-state index in [1.54, 1.807) is 6.20 Å². The summed E-state index contributed by atoms with van der Waals surface area (Å²) in [5.41, 5.74) is 1.03. The van der Waals surface area contributed by atoms with Gasteiger partial charge in [-0.05, 0) is 18.4 Å². The molecule has 0 spiro atoms. The maximum atomic E-state index is 12.4. The third-order valence-electron chi connectivity index (χ3n) is 4.47. The number of nitrogens with one attached hydrogen (secondary N) is 2. The standard InChI is InChI=1S/C18H24N4O/c1-22-13-12-19-17(22)16(14-8-4-2-5-9-14)21-18(23)20-15-10-6-3-7-11-15/h2,4-5,8-9,12-13,15-16H,3,6-7,10-11H2,1H3,(H2,20,21,23)/t16-/m0/s1. The van der Waals surface area contributed by atoms with Gasteiger partial charge in [-0.2, -0.15) is 0 Å². The van der Waals surface area contributed by atoms with Crippen LogP contribution >= 0.6 is 0 Å². The Balaban J connectivity index is 1.74. The van der Waals surface area contributed by atoms with Crippen molar-refractivity contribution in [1.82, 2.24) is 20.2 Å². The topological polar surface area (TPSA) is 59.0 Å². The van der Waals surface area contributed by atoms with Gasteiger partial charge in [0.05, 0.1) is 0 Å². The molecular formula is C18H24N4O. The number of urea groups is 1. The molecule has 1 atom stereocenters. The molecule has 3 rings (SSSR count). The van der Waals surface area contributed by atoms with Crippen molar-refractivity contribution in [2.45, 2.75) is 44.2 Å². The van der Waals surface area contributed by atoms with Gasteiger partial charge in [-0.3, -0.25) is 0 Å². The number of hydrogen-bond acceptors (Lipinski definition) is 2. The highest BCUT2D eigenvalue weighted by Gasteiger charge is 2.22. The lowest BCUT2D eigenvalue weighted by molar-refractivity contribution is 0.230. The fourth-order valence-electron chi connectivity index (χ4n) is 3.20. The zero-order valence-electron chi connectivity index (χ0n) is 13.5. The first kappa shape index (κ1) is 15.6. The number of rotatable bonds is 4. The number of imidazole rings is 1. The van der Waals surface area contributed by atoms with Crippen molar-refractivity contribution < 1.29 is 4.79 Å². The van der Waals surface area contributed by atoms with Gasteiger partial charge < -0.3 is 15.2 Å². The largest absolute Gasteiger partial charge is 0.336 e. The Morgan fingerprint density at radius 3 is 2.61 bits per heavy atom. The monoisotopic (exact) mass is 312 g/mol. The van der Waals surface area contributed by atoms with Crippen LogP contribution < -0.4 is 10.6 Å². The third kappa shape index (κ3) is 3.92. The van der Waals surface area contributed by atoms with E-state index in [0.717, 1.165) is 24.2 Å². The van der Waals surface area contributed by atoms with Crippen molar-refractivity contribution in [3.63, 3.8) is 0 Å². The zero-order valence-corrected chi connectivity index (χ0v) is 13.5. The number of nitrogens with zero attached hydrogens (tertiary/aromatic N) is 2. The molecule has 0 radical (unpaired) electrons. The number of hydrogen-bond donors (Lipinski definition) is 2. The van der Waals surface area contributed by atoms with Crippen molar-refractivity contribution in [2.24, 2.45) is 7.05 Å². The van der Waals surface area contributed by atoms with Crippen molar-refractivity contribution >= 4 is 6.03 Å². The van der Waals surface area contributed by atoms with Crippen molar-refractivity contribution in [1.29, 1.82) is 0 Å². The van der Waals surface area contributed by atoms with Crippen LogP contribution in [0.15, 0.2) is 42.7 Å². The number of amides is 2. The van der Waals surface area contributed by atoms with E-state index < -0.39 is 0 Å². The van der Waals surface area contributed by atoms with Crippen LogP contribution in [0.4, 0.5) is 4.79 Å². The Morgan fingerprint density at radius 1 is 1.22 bits per heavy atom. The molecule has 1 heterocycles. The number of aryl methyl sites for hydroxylation is 1. The van der Waals surface area contributed by atoms with Gasteiger partial charge in [0.15, 0.2) is 0 Å².